The van der Waals surface area contributed by atoms with Crippen LogP contribution in [-0.2, 0) is 27.4 Å². The van der Waals surface area contributed by atoms with E-state index in [4.69, 9.17) is 9.26 Å². The Morgan fingerprint density at radius 3 is 2.74 bits per heavy atom. The molecule has 0 bridgehead atoms. The Labute approximate surface area is 157 Å². The molecule has 0 unspecified atom stereocenters. The second-order valence-electron chi connectivity index (χ2n) is 7.64. The van der Waals surface area contributed by atoms with Crippen LogP contribution in [-0.4, -0.2) is 45.0 Å². The highest BCUT2D eigenvalue weighted by Gasteiger charge is 2.51. The van der Waals surface area contributed by atoms with Crippen LogP contribution in [0, 0.1) is 5.92 Å². The van der Waals surface area contributed by atoms with Gasteiger partial charge in [-0.05, 0) is 18.8 Å². The number of esters is 1. The van der Waals surface area contributed by atoms with Crippen molar-refractivity contribution in [3.05, 3.63) is 11.7 Å². The second-order valence-corrected chi connectivity index (χ2v) is 7.64. The number of rotatable bonds is 7. The van der Waals surface area contributed by atoms with Gasteiger partial charge in [-0.25, -0.2) is 4.79 Å². The molecule has 1 aliphatic heterocycles. The lowest BCUT2D eigenvalue weighted by Gasteiger charge is -2.30. The SMILES string of the molecule is CC(C)Cc1noc(COC(=O)CCN2C(=O)NC3(CCCCC3)C2=O)n1. The summed E-state index contributed by atoms with van der Waals surface area (Å²) in [6, 6.07) is -0.426. The number of urea groups is 1. The zero-order valence-electron chi connectivity index (χ0n) is 15.8. The Morgan fingerprint density at radius 1 is 1.30 bits per heavy atom. The molecule has 1 spiro atoms. The van der Waals surface area contributed by atoms with Crippen molar-refractivity contribution >= 4 is 17.9 Å². The maximum atomic E-state index is 12.6. The summed E-state index contributed by atoms with van der Waals surface area (Å²) < 4.78 is 10.1. The first-order valence-corrected chi connectivity index (χ1v) is 9.51. The molecule has 9 nitrogen and oxygen atoms in total. The van der Waals surface area contributed by atoms with Crippen molar-refractivity contribution in [2.24, 2.45) is 5.92 Å². The number of ether oxygens (including phenoxy) is 1. The van der Waals surface area contributed by atoms with Crippen LogP contribution in [0.3, 0.4) is 0 Å². The molecule has 0 aromatic carbocycles. The second kappa shape index (κ2) is 8.06. The molecule has 1 aromatic heterocycles. The summed E-state index contributed by atoms with van der Waals surface area (Å²) in [7, 11) is 0. The predicted molar refractivity (Wildman–Crippen MR) is 93.3 cm³/mol. The number of aromatic nitrogens is 2. The molecule has 2 fully saturated rings. The van der Waals surface area contributed by atoms with Crippen LogP contribution in [0.4, 0.5) is 4.79 Å². The minimum Gasteiger partial charge on any atom is -0.456 e. The number of imide groups is 1. The molecule has 27 heavy (non-hydrogen) atoms. The molecule has 1 saturated carbocycles. The van der Waals surface area contributed by atoms with Crippen LogP contribution in [0.5, 0.6) is 0 Å². The van der Waals surface area contributed by atoms with E-state index in [1.807, 2.05) is 13.8 Å². The fourth-order valence-corrected chi connectivity index (χ4v) is 3.59. The molecule has 2 heterocycles. The number of nitrogens with zero attached hydrogens (tertiary/aromatic N) is 3. The molecule has 0 atom stereocenters. The molecule has 148 valence electrons. The van der Waals surface area contributed by atoms with E-state index in [0.717, 1.165) is 24.2 Å². The van der Waals surface area contributed by atoms with Crippen molar-refractivity contribution in [2.75, 3.05) is 6.54 Å². The first-order chi connectivity index (χ1) is 12.9. The third kappa shape index (κ3) is 4.45. The van der Waals surface area contributed by atoms with Crippen molar-refractivity contribution in [2.45, 2.75) is 70.9 Å². The number of carbonyl (C=O) groups excluding carboxylic acids is 3. The standard InChI is InChI=1S/C18H26N4O5/c1-12(2)10-13-19-14(27-21-13)11-26-15(23)6-9-22-16(24)18(20-17(22)25)7-4-3-5-8-18/h12H,3-11H2,1-2H3,(H,20,25). The Hall–Kier alpha value is -2.45. The summed E-state index contributed by atoms with van der Waals surface area (Å²) in [5.41, 5.74) is -0.768. The maximum Gasteiger partial charge on any atom is 0.325 e. The first-order valence-electron chi connectivity index (χ1n) is 9.51. The number of hydrogen-bond donors (Lipinski definition) is 1. The lowest BCUT2D eigenvalue weighted by molar-refractivity contribution is -0.146. The molecule has 3 amide bonds. The van der Waals surface area contributed by atoms with E-state index >= 15 is 0 Å². The van der Waals surface area contributed by atoms with Crippen LogP contribution in [0.2, 0.25) is 0 Å². The molecule has 2 aliphatic rings. The van der Waals surface area contributed by atoms with Crippen LogP contribution in [0.15, 0.2) is 4.52 Å². The van der Waals surface area contributed by atoms with Gasteiger partial charge in [0.1, 0.15) is 5.54 Å². The van der Waals surface area contributed by atoms with Gasteiger partial charge in [0.25, 0.3) is 11.8 Å². The van der Waals surface area contributed by atoms with E-state index in [0.29, 0.717) is 31.0 Å². The van der Waals surface area contributed by atoms with Crippen LogP contribution in [0.1, 0.15) is 64.1 Å². The van der Waals surface area contributed by atoms with Gasteiger partial charge < -0.3 is 14.6 Å². The van der Waals surface area contributed by atoms with Crippen LogP contribution < -0.4 is 5.32 Å². The number of hydrogen-bond acceptors (Lipinski definition) is 7. The minimum atomic E-state index is -0.768. The zero-order chi connectivity index (χ0) is 19.4. The van der Waals surface area contributed by atoms with E-state index in [1.165, 1.54) is 0 Å². The Bertz CT molecular complexity index is 708. The quantitative estimate of drug-likeness (QED) is 0.569. The van der Waals surface area contributed by atoms with E-state index < -0.39 is 17.5 Å². The van der Waals surface area contributed by atoms with Gasteiger partial charge in [0, 0.05) is 13.0 Å². The fourth-order valence-electron chi connectivity index (χ4n) is 3.59. The lowest BCUT2D eigenvalue weighted by atomic mass is 9.82. The van der Waals surface area contributed by atoms with Gasteiger partial charge in [-0.3, -0.25) is 14.5 Å². The molecule has 1 aromatic rings. The van der Waals surface area contributed by atoms with E-state index in [2.05, 4.69) is 15.5 Å². The molecule has 1 saturated heterocycles. The Morgan fingerprint density at radius 2 is 2.04 bits per heavy atom. The largest absolute Gasteiger partial charge is 0.456 e. The number of nitrogens with one attached hydrogen (secondary N) is 1. The summed E-state index contributed by atoms with van der Waals surface area (Å²) in [6.07, 6.45) is 4.86. The normalized spacial score (nSPS) is 19.0. The molecule has 1 aliphatic carbocycles. The van der Waals surface area contributed by atoms with Crippen LogP contribution >= 0.6 is 0 Å². The Kier molecular flexibility index (Phi) is 5.76. The molecule has 3 rings (SSSR count). The van der Waals surface area contributed by atoms with Gasteiger partial charge in [-0.15, -0.1) is 0 Å². The molecular formula is C18H26N4O5. The van der Waals surface area contributed by atoms with Crippen molar-refractivity contribution in [3.8, 4) is 0 Å². The van der Waals surface area contributed by atoms with Crippen molar-refractivity contribution in [1.82, 2.24) is 20.4 Å². The Balaban J connectivity index is 1.45. The van der Waals surface area contributed by atoms with Gasteiger partial charge in [0.05, 0.1) is 6.42 Å². The van der Waals surface area contributed by atoms with Crippen LogP contribution in [0.25, 0.3) is 0 Å². The van der Waals surface area contributed by atoms with Crippen molar-refractivity contribution in [3.63, 3.8) is 0 Å². The van der Waals surface area contributed by atoms with Gasteiger partial charge in [0.15, 0.2) is 12.4 Å². The summed E-state index contributed by atoms with van der Waals surface area (Å²) in [6.45, 7) is 3.98. The summed E-state index contributed by atoms with van der Waals surface area (Å²) in [4.78, 5) is 42.0. The van der Waals surface area contributed by atoms with E-state index in [-0.39, 0.29) is 31.4 Å². The first kappa shape index (κ1) is 19.3. The highest BCUT2D eigenvalue weighted by atomic mass is 16.6. The number of carbonyl (C=O) groups is 3. The van der Waals surface area contributed by atoms with Crippen molar-refractivity contribution in [1.29, 1.82) is 0 Å². The molecule has 0 radical (unpaired) electrons. The smallest absolute Gasteiger partial charge is 0.325 e. The zero-order valence-corrected chi connectivity index (χ0v) is 15.8. The lowest BCUT2D eigenvalue weighted by Crippen LogP contribution is -2.48. The monoisotopic (exact) mass is 378 g/mol. The van der Waals surface area contributed by atoms with Crippen molar-refractivity contribution < 1.29 is 23.6 Å². The minimum absolute atomic E-state index is 0.00762. The topological polar surface area (TPSA) is 115 Å². The molecule has 1 N–H and O–H groups in total. The summed E-state index contributed by atoms with van der Waals surface area (Å²) >= 11 is 0. The van der Waals surface area contributed by atoms with Gasteiger partial charge in [-0.1, -0.05) is 38.3 Å². The van der Waals surface area contributed by atoms with Gasteiger partial charge >= 0.3 is 12.0 Å². The predicted octanol–water partition coefficient (Wildman–Crippen LogP) is 1.96. The van der Waals surface area contributed by atoms with Gasteiger partial charge in [-0.2, -0.15) is 4.98 Å². The third-order valence-electron chi connectivity index (χ3n) is 4.95. The fraction of sp³-hybridized carbons (Fsp3) is 0.722. The molecule has 9 heteroatoms. The summed E-state index contributed by atoms with van der Waals surface area (Å²) in [5.74, 6) is 0.456. The van der Waals surface area contributed by atoms with Gasteiger partial charge in [0.2, 0.25) is 0 Å². The molecular weight excluding hydrogens is 352 g/mol. The average molecular weight is 378 g/mol. The maximum absolute atomic E-state index is 12.6. The van der Waals surface area contributed by atoms with E-state index in [9.17, 15) is 14.4 Å². The van der Waals surface area contributed by atoms with E-state index in [1.54, 1.807) is 0 Å². The summed E-state index contributed by atoms with van der Waals surface area (Å²) in [5, 5.41) is 6.65. The number of amides is 3. The third-order valence-corrected chi connectivity index (χ3v) is 4.95. The highest BCUT2D eigenvalue weighted by molar-refractivity contribution is 6.07. The highest BCUT2D eigenvalue weighted by Crippen LogP contribution is 2.33. The average Bonchev–Trinajstić information content (AvgIpc) is 3.15.